The van der Waals surface area contributed by atoms with E-state index in [0.717, 1.165) is 33.3 Å². The second kappa shape index (κ2) is 7.36. The van der Waals surface area contributed by atoms with E-state index in [0.29, 0.717) is 24.4 Å². The Morgan fingerprint density at radius 1 is 1.28 bits per heavy atom. The first-order valence-electron chi connectivity index (χ1n) is 9.36. The number of hydrogen-bond donors (Lipinski definition) is 2. The minimum atomic E-state index is -3.29. The number of rotatable bonds is 4. The van der Waals surface area contributed by atoms with E-state index >= 15 is 0 Å². The largest absolute Gasteiger partial charge is 0.465 e. The van der Waals surface area contributed by atoms with Crippen LogP contribution in [0.2, 0.25) is 0 Å². The molecule has 3 aromatic rings. The van der Waals surface area contributed by atoms with Gasteiger partial charge in [-0.25, -0.2) is 18.2 Å². The smallest absolute Gasteiger partial charge is 0.407 e. The molecule has 1 amide bonds. The van der Waals surface area contributed by atoms with Crippen LogP contribution in [0.25, 0.3) is 27.7 Å². The molecule has 7 nitrogen and oxygen atoms in total. The maximum Gasteiger partial charge on any atom is 0.407 e. The average Bonchev–Trinajstić information content (AvgIpc) is 3.17. The monoisotopic (exact) mass is 411 g/mol. The zero-order valence-corrected chi connectivity index (χ0v) is 16.7. The average molecular weight is 411 g/mol. The highest BCUT2D eigenvalue weighted by molar-refractivity contribution is 7.91. The van der Waals surface area contributed by atoms with E-state index in [-0.39, 0.29) is 5.75 Å². The Hall–Kier alpha value is -3.13. The first-order chi connectivity index (χ1) is 13.9. The van der Waals surface area contributed by atoms with Gasteiger partial charge in [-0.15, -0.1) is 0 Å². The second-order valence-electron chi connectivity index (χ2n) is 6.96. The van der Waals surface area contributed by atoms with E-state index in [1.807, 2.05) is 24.4 Å². The minimum Gasteiger partial charge on any atom is -0.465 e. The highest BCUT2D eigenvalue weighted by Crippen LogP contribution is 2.32. The Labute approximate surface area is 168 Å². The van der Waals surface area contributed by atoms with E-state index in [1.165, 1.54) is 4.90 Å². The van der Waals surface area contributed by atoms with Gasteiger partial charge in [-0.2, -0.15) is 0 Å². The first-order valence-corrected chi connectivity index (χ1v) is 11.0. The molecule has 29 heavy (non-hydrogen) atoms. The lowest BCUT2D eigenvalue weighted by Crippen LogP contribution is -2.33. The van der Waals surface area contributed by atoms with Gasteiger partial charge in [0.1, 0.15) is 5.65 Å². The standard InChI is InChI=1S/C21H21N3O4S/c1-2-29(27,28)17-5-3-4-15(10-17)16-11-18-19(13-23-20(18)22-12-16)14-6-8-24(9-7-14)21(25)26/h3-6,10-13H,2,7-9H2,1H3,(H,22,23)(H,25,26). The summed E-state index contributed by atoms with van der Waals surface area (Å²) >= 11 is 0. The number of H-pyrrole nitrogens is 1. The summed E-state index contributed by atoms with van der Waals surface area (Å²) in [4.78, 5) is 20.5. The molecule has 0 fully saturated rings. The van der Waals surface area contributed by atoms with E-state index in [9.17, 15) is 13.2 Å². The van der Waals surface area contributed by atoms with Crippen LogP contribution in [0.5, 0.6) is 0 Å². The molecule has 0 spiro atoms. The Bertz CT molecular complexity index is 1230. The predicted molar refractivity (Wildman–Crippen MR) is 111 cm³/mol. The zero-order valence-electron chi connectivity index (χ0n) is 15.9. The Kier molecular flexibility index (Phi) is 4.87. The lowest BCUT2D eigenvalue weighted by molar-refractivity contribution is 0.150. The molecule has 3 heterocycles. The molecule has 1 aliphatic rings. The second-order valence-corrected chi connectivity index (χ2v) is 9.24. The number of aromatic nitrogens is 2. The van der Waals surface area contributed by atoms with Gasteiger partial charge in [-0.05, 0) is 35.8 Å². The van der Waals surface area contributed by atoms with Crippen LogP contribution in [-0.4, -0.2) is 53.3 Å². The molecule has 8 heteroatoms. The van der Waals surface area contributed by atoms with Crippen LogP contribution >= 0.6 is 0 Å². The maximum absolute atomic E-state index is 12.2. The molecule has 0 saturated heterocycles. The summed E-state index contributed by atoms with van der Waals surface area (Å²) < 4.78 is 24.4. The molecular weight excluding hydrogens is 390 g/mol. The van der Waals surface area contributed by atoms with Crippen LogP contribution in [0, 0.1) is 0 Å². The Morgan fingerprint density at radius 3 is 2.79 bits per heavy atom. The summed E-state index contributed by atoms with van der Waals surface area (Å²) in [5.74, 6) is 0.0528. The van der Waals surface area contributed by atoms with Crippen molar-refractivity contribution in [3.63, 3.8) is 0 Å². The van der Waals surface area contributed by atoms with Gasteiger partial charge >= 0.3 is 6.09 Å². The van der Waals surface area contributed by atoms with Gasteiger partial charge in [-0.1, -0.05) is 25.1 Å². The molecular formula is C21H21N3O4S. The highest BCUT2D eigenvalue weighted by atomic mass is 32.2. The van der Waals surface area contributed by atoms with E-state index in [1.54, 1.807) is 31.3 Å². The number of benzene rings is 1. The quantitative estimate of drug-likeness (QED) is 0.680. The number of nitrogens with one attached hydrogen (secondary N) is 1. The van der Waals surface area contributed by atoms with Crippen molar-refractivity contribution in [2.24, 2.45) is 0 Å². The van der Waals surface area contributed by atoms with Gasteiger partial charge in [0.05, 0.1) is 10.6 Å². The van der Waals surface area contributed by atoms with Crippen molar-refractivity contribution < 1.29 is 18.3 Å². The van der Waals surface area contributed by atoms with E-state index < -0.39 is 15.9 Å². The summed E-state index contributed by atoms with van der Waals surface area (Å²) in [6.45, 7) is 2.45. The van der Waals surface area contributed by atoms with Crippen LogP contribution in [-0.2, 0) is 9.84 Å². The van der Waals surface area contributed by atoms with Gasteiger partial charge in [-0.3, -0.25) is 0 Å². The van der Waals surface area contributed by atoms with Crippen molar-refractivity contribution in [1.82, 2.24) is 14.9 Å². The van der Waals surface area contributed by atoms with Gasteiger partial charge in [0.15, 0.2) is 9.84 Å². The summed E-state index contributed by atoms with van der Waals surface area (Å²) in [7, 11) is -3.29. The van der Waals surface area contributed by atoms with Crippen LogP contribution in [0.1, 0.15) is 18.9 Å². The molecule has 4 rings (SSSR count). The summed E-state index contributed by atoms with van der Waals surface area (Å²) in [5.41, 5.74) is 4.43. The Morgan fingerprint density at radius 2 is 2.10 bits per heavy atom. The third kappa shape index (κ3) is 3.63. The third-order valence-corrected chi connectivity index (χ3v) is 7.00. The number of amides is 1. The fourth-order valence-electron chi connectivity index (χ4n) is 3.55. The predicted octanol–water partition coefficient (Wildman–Crippen LogP) is 3.79. The molecule has 1 aromatic carbocycles. The van der Waals surface area contributed by atoms with Crippen LogP contribution in [0.3, 0.4) is 0 Å². The molecule has 0 unspecified atom stereocenters. The lowest BCUT2D eigenvalue weighted by atomic mass is 9.98. The van der Waals surface area contributed by atoms with Crippen molar-refractivity contribution in [1.29, 1.82) is 0 Å². The fourth-order valence-corrected chi connectivity index (χ4v) is 4.48. The molecule has 0 bridgehead atoms. The number of nitrogens with zero attached hydrogens (tertiary/aromatic N) is 2. The molecule has 0 atom stereocenters. The lowest BCUT2D eigenvalue weighted by Gasteiger charge is -2.23. The Balaban J connectivity index is 1.74. The van der Waals surface area contributed by atoms with E-state index in [2.05, 4.69) is 9.97 Å². The number of sulfone groups is 1. The van der Waals surface area contributed by atoms with Crippen molar-refractivity contribution in [3.05, 3.63) is 54.4 Å². The number of aromatic amines is 1. The SMILES string of the molecule is CCS(=O)(=O)c1cccc(-c2cnc3[nH]cc(C4=CCN(C(=O)O)CC4)c3c2)c1. The molecule has 1 aliphatic heterocycles. The number of carbonyl (C=O) groups is 1. The number of pyridine rings is 1. The van der Waals surface area contributed by atoms with Crippen LogP contribution in [0.4, 0.5) is 4.79 Å². The van der Waals surface area contributed by atoms with Crippen LogP contribution < -0.4 is 0 Å². The molecule has 2 aromatic heterocycles. The van der Waals surface area contributed by atoms with Crippen molar-refractivity contribution >= 4 is 32.5 Å². The van der Waals surface area contributed by atoms with Crippen molar-refractivity contribution in [2.45, 2.75) is 18.2 Å². The van der Waals surface area contributed by atoms with Crippen LogP contribution in [0.15, 0.2) is 53.7 Å². The molecule has 150 valence electrons. The number of carboxylic acid groups (broad SMARTS) is 1. The van der Waals surface area contributed by atoms with Gasteiger partial charge in [0, 0.05) is 42.0 Å². The third-order valence-electron chi connectivity index (χ3n) is 5.26. The summed E-state index contributed by atoms with van der Waals surface area (Å²) in [5, 5.41) is 10.1. The maximum atomic E-state index is 12.2. The minimum absolute atomic E-state index is 0.0528. The fraction of sp³-hybridized carbons (Fsp3) is 0.238. The van der Waals surface area contributed by atoms with Crippen molar-refractivity contribution in [2.75, 3.05) is 18.8 Å². The van der Waals surface area contributed by atoms with Crippen molar-refractivity contribution in [3.8, 4) is 11.1 Å². The number of hydrogen-bond acceptors (Lipinski definition) is 4. The highest BCUT2D eigenvalue weighted by Gasteiger charge is 2.19. The van der Waals surface area contributed by atoms with Gasteiger partial charge in [0.25, 0.3) is 0 Å². The summed E-state index contributed by atoms with van der Waals surface area (Å²) in [6, 6.07) is 8.89. The van der Waals surface area contributed by atoms with E-state index in [4.69, 9.17) is 5.11 Å². The molecule has 0 aliphatic carbocycles. The molecule has 0 radical (unpaired) electrons. The number of fused-ring (bicyclic) bond motifs is 1. The zero-order chi connectivity index (χ0) is 20.6. The first kappa shape index (κ1) is 19.2. The molecule has 2 N–H and O–H groups in total. The topological polar surface area (TPSA) is 103 Å². The summed E-state index contributed by atoms with van der Waals surface area (Å²) in [6.07, 6.45) is 5.27. The normalized spacial score (nSPS) is 14.8. The molecule has 0 saturated carbocycles. The van der Waals surface area contributed by atoms with Gasteiger partial charge in [0.2, 0.25) is 0 Å². The van der Waals surface area contributed by atoms with Gasteiger partial charge < -0.3 is 15.0 Å².